The number of nitrogens with zero attached hydrogens (tertiary/aromatic N) is 4. The Hall–Kier alpha value is -5.11. The molecule has 0 unspecified atom stereocenters. The van der Waals surface area contributed by atoms with Crippen molar-refractivity contribution in [3.63, 3.8) is 0 Å². The van der Waals surface area contributed by atoms with Crippen LogP contribution in [0.5, 0.6) is 0 Å². The Morgan fingerprint density at radius 2 is 1.42 bits per heavy atom. The first-order valence-corrected chi connectivity index (χ1v) is 12.1. The normalized spacial score (nSPS) is 10.8. The van der Waals surface area contributed by atoms with Gasteiger partial charge in [-0.3, -0.25) is 14.4 Å². The maximum Gasteiger partial charge on any atom is 0.276 e. The van der Waals surface area contributed by atoms with Gasteiger partial charge in [0, 0.05) is 18.8 Å². The number of nitrogens with one attached hydrogen (secondary N) is 1. The summed E-state index contributed by atoms with van der Waals surface area (Å²) in [4.78, 5) is 40.1. The van der Waals surface area contributed by atoms with E-state index >= 15 is 0 Å². The van der Waals surface area contributed by atoms with Crippen LogP contribution in [-0.4, -0.2) is 37.0 Å². The average molecular weight is 504 g/mol. The summed E-state index contributed by atoms with van der Waals surface area (Å²) >= 11 is 0. The zero-order valence-corrected chi connectivity index (χ0v) is 21.2. The van der Waals surface area contributed by atoms with Gasteiger partial charge in [0.2, 0.25) is 5.78 Å². The van der Waals surface area contributed by atoms with E-state index in [4.69, 9.17) is 0 Å². The highest BCUT2D eigenvalue weighted by atomic mass is 16.2. The van der Waals surface area contributed by atoms with Crippen molar-refractivity contribution in [2.24, 2.45) is 0 Å². The van der Waals surface area contributed by atoms with Crippen LogP contribution in [-0.2, 0) is 0 Å². The molecule has 0 saturated carbocycles. The number of hydrogen-bond donors (Lipinski definition) is 1. The molecule has 0 aliphatic rings. The Balaban J connectivity index is 1.65. The average Bonchev–Trinajstić information content (AvgIpc) is 3.52. The SMILES string of the molecule is CC(=O)c1nn(-c2cccc(C)c2)cc1C(=O)c1c(C(=O)Nc2ccccc2)nn(-c2ccccc2)c1C. The molecule has 0 spiro atoms. The van der Waals surface area contributed by atoms with Gasteiger partial charge in [-0.2, -0.15) is 10.2 Å². The number of aromatic nitrogens is 4. The quantitative estimate of drug-likeness (QED) is 0.302. The molecule has 1 amide bonds. The van der Waals surface area contributed by atoms with E-state index in [9.17, 15) is 14.4 Å². The molecule has 0 radical (unpaired) electrons. The highest BCUT2D eigenvalue weighted by Gasteiger charge is 2.31. The number of hydrogen-bond acceptors (Lipinski definition) is 5. The third kappa shape index (κ3) is 4.67. The van der Waals surface area contributed by atoms with Gasteiger partial charge in [0.15, 0.2) is 11.5 Å². The molecular weight excluding hydrogens is 478 g/mol. The van der Waals surface area contributed by atoms with Crippen LogP contribution in [0.25, 0.3) is 11.4 Å². The monoisotopic (exact) mass is 503 g/mol. The molecule has 1 N–H and O–H groups in total. The summed E-state index contributed by atoms with van der Waals surface area (Å²) in [5, 5.41) is 11.8. The number of carbonyl (C=O) groups is 3. The first-order chi connectivity index (χ1) is 18.3. The van der Waals surface area contributed by atoms with Gasteiger partial charge in [-0.05, 0) is 55.8 Å². The van der Waals surface area contributed by atoms with Crippen LogP contribution in [0.2, 0.25) is 0 Å². The second-order valence-corrected chi connectivity index (χ2v) is 8.94. The van der Waals surface area contributed by atoms with Crippen molar-refractivity contribution >= 4 is 23.2 Å². The summed E-state index contributed by atoms with van der Waals surface area (Å²) in [6, 6.07) is 25.8. The van der Waals surface area contributed by atoms with E-state index in [1.54, 1.807) is 35.9 Å². The van der Waals surface area contributed by atoms with Crippen molar-refractivity contribution in [3.05, 3.63) is 125 Å². The molecule has 38 heavy (non-hydrogen) atoms. The molecule has 5 rings (SSSR count). The van der Waals surface area contributed by atoms with E-state index in [2.05, 4.69) is 15.5 Å². The van der Waals surface area contributed by atoms with Crippen LogP contribution in [0.3, 0.4) is 0 Å². The van der Waals surface area contributed by atoms with Crippen molar-refractivity contribution < 1.29 is 14.4 Å². The van der Waals surface area contributed by atoms with Gasteiger partial charge in [-0.1, -0.05) is 48.5 Å². The molecular formula is C30H25N5O3. The highest BCUT2D eigenvalue weighted by molar-refractivity contribution is 6.20. The lowest BCUT2D eigenvalue weighted by Gasteiger charge is -2.05. The Kier molecular flexibility index (Phi) is 6.53. The van der Waals surface area contributed by atoms with Crippen molar-refractivity contribution in [1.82, 2.24) is 19.6 Å². The fraction of sp³-hybridized carbons (Fsp3) is 0.100. The zero-order valence-electron chi connectivity index (χ0n) is 21.2. The summed E-state index contributed by atoms with van der Waals surface area (Å²) in [5.74, 6) is -1.40. The molecule has 0 bridgehead atoms. The number of aryl methyl sites for hydroxylation is 1. The number of Topliss-reactive ketones (excluding diaryl/α,β-unsaturated/α-hetero) is 1. The first-order valence-electron chi connectivity index (χ1n) is 12.1. The largest absolute Gasteiger partial charge is 0.321 e. The molecule has 0 atom stereocenters. The maximum atomic E-state index is 14.1. The maximum absolute atomic E-state index is 14.1. The van der Waals surface area contributed by atoms with Crippen molar-refractivity contribution in [2.75, 3.05) is 5.32 Å². The minimum Gasteiger partial charge on any atom is -0.321 e. The van der Waals surface area contributed by atoms with Gasteiger partial charge in [0.05, 0.1) is 28.2 Å². The molecule has 2 aromatic heterocycles. The number of benzene rings is 3. The van der Waals surface area contributed by atoms with Crippen molar-refractivity contribution in [3.8, 4) is 11.4 Å². The fourth-order valence-electron chi connectivity index (χ4n) is 4.30. The number of amides is 1. The third-order valence-corrected chi connectivity index (χ3v) is 6.15. The molecule has 0 aliphatic carbocycles. The lowest BCUT2D eigenvalue weighted by molar-refractivity contribution is 0.0981. The van der Waals surface area contributed by atoms with E-state index < -0.39 is 11.7 Å². The standard InChI is InChI=1S/C30H25N5O3/c1-19-11-10-16-24(17-19)34-18-25(27(32-34)21(3)36)29(37)26-20(2)35(23-14-8-5-9-15-23)33-28(26)30(38)31-22-12-6-4-7-13-22/h4-18H,1-3H3,(H,31,38). The zero-order chi connectivity index (χ0) is 26.8. The highest BCUT2D eigenvalue weighted by Crippen LogP contribution is 2.25. The van der Waals surface area contributed by atoms with E-state index in [1.165, 1.54) is 17.8 Å². The summed E-state index contributed by atoms with van der Waals surface area (Å²) in [7, 11) is 0. The predicted octanol–water partition coefficient (Wildman–Crippen LogP) is 5.36. The van der Waals surface area contributed by atoms with Crippen molar-refractivity contribution in [1.29, 1.82) is 0 Å². The summed E-state index contributed by atoms with van der Waals surface area (Å²) in [6.07, 6.45) is 1.53. The number of rotatable bonds is 7. The molecule has 8 nitrogen and oxygen atoms in total. The lowest BCUT2D eigenvalue weighted by Crippen LogP contribution is -2.17. The van der Waals surface area contributed by atoms with Gasteiger partial charge in [-0.25, -0.2) is 9.36 Å². The van der Waals surface area contributed by atoms with Crippen LogP contribution < -0.4 is 5.32 Å². The summed E-state index contributed by atoms with van der Waals surface area (Å²) in [5.41, 5.74) is 3.64. The topological polar surface area (TPSA) is 98.9 Å². The molecule has 0 fully saturated rings. The predicted molar refractivity (Wildman–Crippen MR) is 144 cm³/mol. The van der Waals surface area contributed by atoms with Crippen LogP contribution in [0.1, 0.15) is 55.1 Å². The Labute approximate surface area is 219 Å². The summed E-state index contributed by atoms with van der Waals surface area (Å²) in [6.45, 7) is 5.04. The smallest absolute Gasteiger partial charge is 0.276 e. The van der Waals surface area contributed by atoms with Crippen LogP contribution in [0.4, 0.5) is 5.69 Å². The Bertz CT molecular complexity index is 1670. The van der Waals surface area contributed by atoms with E-state index in [0.29, 0.717) is 22.8 Å². The molecule has 0 saturated heterocycles. The second-order valence-electron chi connectivity index (χ2n) is 8.94. The first kappa shape index (κ1) is 24.6. The van der Waals surface area contributed by atoms with Gasteiger partial charge < -0.3 is 5.32 Å². The molecule has 2 heterocycles. The van der Waals surface area contributed by atoms with Crippen LogP contribution in [0.15, 0.2) is 91.1 Å². The van der Waals surface area contributed by atoms with Gasteiger partial charge >= 0.3 is 0 Å². The third-order valence-electron chi connectivity index (χ3n) is 6.15. The number of anilines is 1. The van der Waals surface area contributed by atoms with E-state index in [-0.39, 0.29) is 28.3 Å². The minimum absolute atomic E-state index is 0.0257. The Morgan fingerprint density at radius 1 is 0.763 bits per heavy atom. The van der Waals surface area contributed by atoms with E-state index in [1.807, 2.05) is 67.6 Å². The number of ketones is 2. The Morgan fingerprint density at radius 3 is 2.08 bits per heavy atom. The number of para-hydroxylation sites is 2. The van der Waals surface area contributed by atoms with E-state index in [0.717, 1.165) is 5.56 Å². The molecule has 5 aromatic rings. The molecule has 188 valence electrons. The molecule has 0 aliphatic heterocycles. The van der Waals surface area contributed by atoms with Gasteiger partial charge in [0.25, 0.3) is 5.91 Å². The molecule has 3 aromatic carbocycles. The minimum atomic E-state index is -0.534. The summed E-state index contributed by atoms with van der Waals surface area (Å²) < 4.78 is 3.07. The van der Waals surface area contributed by atoms with Gasteiger partial charge in [-0.15, -0.1) is 0 Å². The van der Waals surface area contributed by atoms with Gasteiger partial charge in [0.1, 0.15) is 5.69 Å². The fourth-order valence-corrected chi connectivity index (χ4v) is 4.30. The second kappa shape index (κ2) is 10.1. The van der Waals surface area contributed by atoms with Crippen LogP contribution in [0, 0.1) is 13.8 Å². The molecule has 8 heteroatoms. The number of carbonyl (C=O) groups excluding carboxylic acids is 3. The van der Waals surface area contributed by atoms with Crippen LogP contribution >= 0.6 is 0 Å². The lowest BCUT2D eigenvalue weighted by atomic mass is 10.00. The van der Waals surface area contributed by atoms with Crippen molar-refractivity contribution in [2.45, 2.75) is 20.8 Å².